The van der Waals surface area contributed by atoms with E-state index in [1.54, 1.807) is 24.3 Å². The second kappa shape index (κ2) is 9.36. The number of allylic oxidation sites excluding steroid dienone is 1. The number of nitriles is 1. The molecule has 0 radical (unpaired) electrons. The van der Waals surface area contributed by atoms with Crippen molar-refractivity contribution in [2.75, 3.05) is 0 Å². The predicted octanol–water partition coefficient (Wildman–Crippen LogP) is 6.86. The van der Waals surface area contributed by atoms with Crippen LogP contribution in [0.4, 0.5) is 4.39 Å². The highest BCUT2D eigenvalue weighted by Gasteiger charge is 2.14. The van der Waals surface area contributed by atoms with Crippen molar-refractivity contribution in [2.24, 2.45) is 0 Å². The Bertz CT molecular complexity index is 1350. The van der Waals surface area contributed by atoms with E-state index in [0.717, 1.165) is 29.3 Å². The number of rotatable bonds is 5. The molecule has 7 heteroatoms. The molecule has 0 aliphatic carbocycles. The van der Waals surface area contributed by atoms with Crippen molar-refractivity contribution >= 4 is 67.9 Å². The van der Waals surface area contributed by atoms with Crippen LogP contribution >= 0.6 is 45.2 Å². The smallest absolute Gasteiger partial charge is 0.149 e. The third kappa shape index (κ3) is 4.91. The van der Waals surface area contributed by atoms with Gasteiger partial charge in [-0.3, -0.25) is 0 Å². The minimum atomic E-state index is -0.310. The van der Waals surface area contributed by atoms with Gasteiger partial charge in [-0.1, -0.05) is 24.3 Å². The zero-order chi connectivity index (χ0) is 22.0. The lowest BCUT2D eigenvalue weighted by molar-refractivity contribution is 0.297. The van der Waals surface area contributed by atoms with Crippen LogP contribution in [-0.4, -0.2) is 9.97 Å². The maximum Gasteiger partial charge on any atom is 0.149 e. The van der Waals surface area contributed by atoms with E-state index in [4.69, 9.17) is 4.74 Å². The van der Waals surface area contributed by atoms with Crippen LogP contribution < -0.4 is 4.74 Å². The van der Waals surface area contributed by atoms with Crippen LogP contribution in [0.3, 0.4) is 0 Å². The highest BCUT2D eigenvalue weighted by molar-refractivity contribution is 14.1. The number of aromatic nitrogens is 2. The number of aryl methyl sites for hydroxylation is 1. The van der Waals surface area contributed by atoms with Gasteiger partial charge in [0.2, 0.25) is 0 Å². The fraction of sp³-hybridized carbons (Fsp3) is 0.0833. The summed E-state index contributed by atoms with van der Waals surface area (Å²) in [6, 6.07) is 18.6. The molecule has 0 saturated heterocycles. The van der Waals surface area contributed by atoms with Gasteiger partial charge >= 0.3 is 0 Å². The van der Waals surface area contributed by atoms with Gasteiger partial charge in [-0.15, -0.1) is 0 Å². The number of imidazole rings is 1. The number of nitrogens with one attached hydrogen (secondary N) is 1. The number of nitrogens with zero attached hydrogens (tertiary/aromatic N) is 2. The molecule has 31 heavy (non-hydrogen) atoms. The van der Waals surface area contributed by atoms with Crippen molar-refractivity contribution in [3.63, 3.8) is 0 Å². The minimum absolute atomic E-state index is 0.0932. The summed E-state index contributed by atoms with van der Waals surface area (Å²) in [7, 11) is 0. The maximum atomic E-state index is 14.0. The number of fused-ring (bicyclic) bond motifs is 1. The quantitative estimate of drug-likeness (QED) is 0.193. The molecule has 1 heterocycles. The Hall–Kier alpha value is -2.45. The van der Waals surface area contributed by atoms with Gasteiger partial charge in [0.15, 0.2) is 0 Å². The average molecular weight is 635 g/mol. The fourth-order valence-corrected chi connectivity index (χ4v) is 5.21. The molecular weight excluding hydrogens is 619 g/mol. The molecule has 4 nitrogen and oxygen atoms in total. The normalized spacial score (nSPS) is 11.5. The number of ether oxygens (including phenoxy) is 1. The Morgan fingerprint density at radius 1 is 1.19 bits per heavy atom. The van der Waals surface area contributed by atoms with Crippen LogP contribution in [0.1, 0.15) is 22.5 Å². The van der Waals surface area contributed by atoms with Crippen molar-refractivity contribution in [1.82, 2.24) is 9.97 Å². The van der Waals surface area contributed by atoms with Gasteiger partial charge in [0.1, 0.15) is 30.1 Å². The Morgan fingerprint density at radius 3 is 2.77 bits per heavy atom. The van der Waals surface area contributed by atoms with Crippen molar-refractivity contribution < 1.29 is 9.13 Å². The number of hydrogen-bond donors (Lipinski definition) is 1. The van der Waals surface area contributed by atoms with Crippen LogP contribution in [0, 0.1) is 31.2 Å². The fourth-order valence-electron chi connectivity index (χ4n) is 3.17. The van der Waals surface area contributed by atoms with Crippen LogP contribution in [0.2, 0.25) is 0 Å². The number of hydrogen-bond acceptors (Lipinski definition) is 3. The molecule has 0 atom stereocenters. The van der Waals surface area contributed by atoms with E-state index in [9.17, 15) is 9.65 Å². The zero-order valence-electron chi connectivity index (χ0n) is 16.4. The molecule has 154 valence electrons. The summed E-state index contributed by atoms with van der Waals surface area (Å²) in [4.78, 5) is 7.79. The van der Waals surface area contributed by atoms with E-state index in [2.05, 4.69) is 61.2 Å². The number of benzene rings is 3. The Balaban J connectivity index is 1.74. The van der Waals surface area contributed by atoms with Crippen LogP contribution in [-0.2, 0) is 6.61 Å². The molecule has 0 aliphatic rings. The third-order valence-electron chi connectivity index (χ3n) is 4.68. The third-order valence-corrected chi connectivity index (χ3v) is 6.10. The van der Waals surface area contributed by atoms with E-state index in [-0.39, 0.29) is 12.4 Å². The molecule has 0 unspecified atom stereocenters. The van der Waals surface area contributed by atoms with Crippen molar-refractivity contribution in [3.05, 3.63) is 90.1 Å². The Labute approximate surface area is 206 Å². The molecule has 0 spiro atoms. The first-order chi connectivity index (χ1) is 14.9. The highest BCUT2D eigenvalue weighted by atomic mass is 127. The van der Waals surface area contributed by atoms with Crippen molar-refractivity contribution in [1.29, 1.82) is 5.26 Å². The molecule has 1 aromatic heterocycles. The molecular formula is C24H16FI2N3O. The first kappa shape index (κ1) is 21.8. The van der Waals surface area contributed by atoms with E-state index < -0.39 is 0 Å². The number of H-pyrrole nitrogens is 1. The summed E-state index contributed by atoms with van der Waals surface area (Å²) < 4.78 is 21.9. The summed E-state index contributed by atoms with van der Waals surface area (Å²) in [5.41, 5.74) is 4.39. The van der Waals surface area contributed by atoms with Crippen LogP contribution in [0.5, 0.6) is 5.75 Å². The standard InChI is InChI=1S/C24H16FI2N3O/c1-14-6-7-21-22(8-14)30-24(29-21)17(12-28)9-16-10-18(26)11-20(27)23(16)31-13-15-4-2-3-5-19(15)25/h2-11H,13H2,1H3,(H,29,30)/b17-9+. The van der Waals surface area contributed by atoms with Gasteiger partial charge in [-0.05, 0) is 94.1 Å². The van der Waals surface area contributed by atoms with Crippen LogP contribution in [0.15, 0.2) is 54.6 Å². The van der Waals surface area contributed by atoms with E-state index >= 15 is 0 Å². The van der Waals surface area contributed by atoms with Crippen molar-refractivity contribution in [3.8, 4) is 11.8 Å². The molecule has 4 aromatic rings. The molecule has 0 aliphatic heterocycles. The molecule has 0 saturated carbocycles. The van der Waals surface area contributed by atoms with Gasteiger partial charge in [-0.2, -0.15) is 5.26 Å². The van der Waals surface area contributed by atoms with Gasteiger partial charge in [-0.25, -0.2) is 9.37 Å². The van der Waals surface area contributed by atoms with Gasteiger partial charge in [0.05, 0.1) is 20.2 Å². The second-order valence-electron chi connectivity index (χ2n) is 6.96. The second-order valence-corrected chi connectivity index (χ2v) is 9.37. The van der Waals surface area contributed by atoms with Crippen LogP contribution in [0.25, 0.3) is 22.7 Å². The largest absolute Gasteiger partial charge is 0.487 e. The molecule has 4 rings (SSSR count). The molecule has 0 fully saturated rings. The highest BCUT2D eigenvalue weighted by Crippen LogP contribution is 2.32. The van der Waals surface area contributed by atoms with E-state index in [1.165, 1.54) is 6.07 Å². The van der Waals surface area contributed by atoms with E-state index in [1.807, 2.05) is 37.3 Å². The lowest BCUT2D eigenvalue weighted by Crippen LogP contribution is -2.02. The van der Waals surface area contributed by atoms with Gasteiger partial charge in [0, 0.05) is 14.7 Å². The first-order valence-corrected chi connectivity index (χ1v) is 11.5. The molecule has 3 aromatic carbocycles. The number of halogens is 3. The molecule has 0 amide bonds. The summed E-state index contributed by atoms with van der Waals surface area (Å²) in [6.07, 6.45) is 1.76. The summed E-state index contributed by atoms with van der Waals surface area (Å²) in [5, 5.41) is 9.82. The Morgan fingerprint density at radius 2 is 2.00 bits per heavy atom. The maximum absolute atomic E-state index is 14.0. The first-order valence-electron chi connectivity index (χ1n) is 9.38. The lowest BCUT2D eigenvalue weighted by Gasteiger charge is -2.13. The molecule has 0 bridgehead atoms. The van der Waals surface area contributed by atoms with Gasteiger partial charge in [0.25, 0.3) is 0 Å². The summed E-state index contributed by atoms with van der Waals surface area (Å²) in [5.74, 6) is 0.788. The van der Waals surface area contributed by atoms with Gasteiger partial charge < -0.3 is 9.72 Å². The lowest BCUT2D eigenvalue weighted by atomic mass is 10.1. The summed E-state index contributed by atoms with van der Waals surface area (Å²) >= 11 is 4.42. The SMILES string of the molecule is Cc1ccc2nc(/C(C#N)=C/c3cc(I)cc(I)c3OCc3ccccc3F)[nH]c2c1. The molecule has 1 N–H and O–H groups in total. The Kier molecular flexibility index (Phi) is 6.57. The average Bonchev–Trinajstić information content (AvgIpc) is 3.15. The zero-order valence-corrected chi connectivity index (χ0v) is 20.7. The van der Waals surface area contributed by atoms with Crippen molar-refractivity contribution in [2.45, 2.75) is 13.5 Å². The predicted molar refractivity (Wildman–Crippen MR) is 137 cm³/mol. The monoisotopic (exact) mass is 635 g/mol. The minimum Gasteiger partial charge on any atom is -0.487 e. The number of aromatic amines is 1. The van der Waals surface area contributed by atoms with E-state index in [0.29, 0.717) is 22.7 Å². The topological polar surface area (TPSA) is 61.7 Å². The summed E-state index contributed by atoms with van der Waals surface area (Å²) in [6.45, 7) is 2.10.